The highest BCUT2D eigenvalue weighted by Crippen LogP contribution is 2.49. The average Bonchev–Trinajstić information content (AvgIpc) is 3.53. The molecular formula is C21H23ClFN5O2S. The first-order valence-corrected chi connectivity index (χ1v) is 11.9. The van der Waals surface area contributed by atoms with E-state index < -0.39 is 31.7 Å². The third kappa shape index (κ3) is 3.70. The minimum absolute atomic E-state index is 0.0631. The van der Waals surface area contributed by atoms with Gasteiger partial charge < -0.3 is 11.1 Å². The molecule has 2 aromatic rings. The third-order valence-electron chi connectivity index (χ3n) is 6.17. The van der Waals surface area contributed by atoms with Crippen molar-refractivity contribution in [1.82, 2.24) is 4.98 Å². The predicted molar refractivity (Wildman–Crippen MR) is 119 cm³/mol. The molecule has 2 unspecified atom stereocenters. The molecular weight excluding hydrogens is 441 g/mol. The number of halogens is 2. The van der Waals surface area contributed by atoms with Gasteiger partial charge >= 0.3 is 0 Å². The molecule has 0 bridgehead atoms. The number of benzene rings is 1. The molecule has 31 heavy (non-hydrogen) atoms. The molecule has 4 rings (SSSR count). The number of rotatable bonds is 4. The van der Waals surface area contributed by atoms with Crippen molar-refractivity contribution in [2.24, 2.45) is 16.6 Å². The van der Waals surface area contributed by atoms with Crippen molar-refractivity contribution in [3.63, 3.8) is 0 Å². The first-order chi connectivity index (χ1) is 14.5. The van der Waals surface area contributed by atoms with Crippen molar-refractivity contribution in [1.29, 1.82) is 4.78 Å². The predicted octanol–water partition coefficient (Wildman–Crippen LogP) is 3.93. The van der Waals surface area contributed by atoms with Crippen LogP contribution in [-0.2, 0) is 15.3 Å². The summed E-state index contributed by atoms with van der Waals surface area (Å²) in [6, 6.07) is 7.08. The Balaban J connectivity index is 1.69. The smallest absolute Gasteiger partial charge is 0.274 e. The lowest BCUT2D eigenvalue weighted by Crippen LogP contribution is -2.57. The first-order valence-electron chi connectivity index (χ1n) is 9.81. The Bertz CT molecular complexity index is 1200. The second-order valence-electron chi connectivity index (χ2n) is 8.48. The number of aliphatic imine (C=N–C) groups is 1. The van der Waals surface area contributed by atoms with Gasteiger partial charge in [0.2, 0.25) is 0 Å². The van der Waals surface area contributed by atoms with E-state index >= 15 is 0 Å². The largest absolute Gasteiger partial charge is 0.386 e. The molecule has 164 valence electrons. The zero-order valence-electron chi connectivity index (χ0n) is 17.1. The van der Waals surface area contributed by atoms with Crippen LogP contribution in [0.3, 0.4) is 0 Å². The standard InChI is InChI=1S/C21H23ClFN5O2S/c1-20(11-31(25,30)21(2,12-3-4-12)19(24)28-20)15-9-14(6-7-16(15)23)27-18(29)17-8-5-13(22)10-26-17/h5-10,12,25H,3-4,11H2,1-2H3,(H2,24,28)(H,27,29)/t20-,21?,31?/m0/s1. The summed E-state index contributed by atoms with van der Waals surface area (Å²) >= 11 is 5.80. The van der Waals surface area contributed by atoms with Gasteiger partial charge in [0, 0.05) is 17.4 Å². The molecule has 10 heteroatoms. The molecule has 1 aliphatic carbocycles. The molecule has 2 heterocycles. The van der Waals surface area contributed by atoms with Crippen LogP contribution >= 0.6 is 11.6 Å². The highest BCUT2D eigenvalue weighted by Gasteiger charge is 2.56. The van der Waals surface area contributed by atoms with E-state index in [2.05, 4.69) is 15.3 Å². The van der Waals surface area contributed by atoms with Gasteiger partial charge in [-0.25, -0.2) is 13.6 Å². The number of hydrogen-bond donors (Lipinski definition) is 3. The van der Waals surface area contributed by atoms with E-state index in [0.29, 0.717) is 10.7 Å². The molecule has 0 radical (unpaired) electrons. The minimum atomic E-state index is -3.20. The summed E-state index contributed by atoms with van der Waals surface area (Å²) < 4.78 is 35.9. The maximum Gasteiger partial charge on any atom is 0.274 e. The van der Waals surface area contributed by atoms with Crippen LogP contribution in [0.4, 0.5) is 10.1 Å². The molecule has 1 aromatic heterocycles. The second kappa shape index (κ2) is 7.27. The molecule has 7 nitrogen and oxygen atoms in total. The first kappa shape index (κ1) is 21.7. The van der Waals surface area contributed by atoms with Gasteiger partial charge in [-0.3, -0.25) is 14.6 Å². The lowest BCUT2D eigenvalue weighted by Gasteiger charge is -2.42. The van der Waals surface area contributed by atoms with Gasteiger partial charge in [0.1, 0.15) is 27.6 Å². The summed E-state index contributed by atoms with van der Waals surface area (Å²) in [5.74, 6) is -1.03. The molecule has 2 aliphatic rings. The molecule has 1 amide bonds. The van der Waals surface area contributed by atoms with E-state index in [1.807, 2.05) is 0 Å². The summed E-state index contributed by atoms with van der Waals surface area (Å²) in [6.07, 6.45) is 3.07. The number of carbonyl (C=O) groups excluding carboxylic acids is 1. The van der Waals surface area contributed by atoms with Crippen molar-refractivity contribution in [2.75, 3.05) is 11.1 Å². The molecule has 3 atom stereocenters. The fourth-order valence-corrected chi connectivity index (χ4v) is 6.68. The normalized spacial score (nSPS) is 30.5. The molecule has 1 aliphatic heterocycles. The number of nitrogens with one attached hydrogen (secondary N) is 2. The van der Waals surface area contributed by atoms with E-state index in [9.17, 15) is 13.4 Å². The molecule has 0 saturated heterocycles. The number of pyridine rings is 1. The summed E-state index contributed by atoms with van der Waals surface area (Å²) in [5, 5.41) is 3.07. The lowest BCUT2D eigenvalue weighted by molar-refractivity contribution is 0.102. The van der Waals surface area contributed by atoms with Gasteiger partial charge in [0.05, 0.1) is 20.5 Å². The Labute approximate surface area is 185 Å². The highest BCUT2D eigenvalue weighted by atomic mass is 35.5. The van der Waals surface area contributed by atoms with Gasteiger partial charge in [-0.05, 0) is 62.9 Å². The Morgan fingerprint density at radius 1 is 1.32 bits per heavy atom. The van der Waals surface area contributed by atoms with Crippen molar-refractivity contribution in [3.8, 4) is 0 Å². The summed E-state index contributed by atoms with van der Waals surface area (Å²) in [6.45, 7) is 3.34. The fourth-order valence-electron chi connectivity index (χ4n) is 4.10. The third-order valence-corrected chi connectivity index (χ3v) is 9.27. The summed E-state index contributed by atoms with van der Waals surface area (Å²) in [4.78, 5) is 21.0. The number of carbonyl (C=O) groups is 1. The van der Waals surface area contributed by atoms with Crippen LogP contribution in [0.25, 0.3) is 0 Å². The topological polar surface area (TPSA) is 121 Å². The van der Waals surface area contributed by atoms with E-state index in [1.165, 1.54) is 30.5 Å². The summed E-state index contributed by atoms with van der Waals surface area (Å²) in [5.41, 5.74) is 5.54. The van der Waals surface area contributed by atoms with Gasteiger partial charge in [-0.2, -0.15) is 0 Å². The van der Waals surface area contributed by atoms with Crippen LogP contribution in [0.1, 0.15) is 42.7 Å². The average molecular weight is 464 g/mol. The zero-order valence-corrected chi connectivity index (χ0v) is 18.7. The number of nitrogens with zero attached hydrogens (tertiary/aromatic N) is 2. The van der Waals surface area contributed by atoms with Crippen LogP contribution in [0.15, 0.2) is 41.5 Å². The molecule has 1 aromatic carbocycles. The fraction of sp³-hybridized carbons (Fsp3) is 0.381. The van der Waals surface area contributed by atoms with Crippen molar-refractivity contribution < 1.29 is 13.4 Å². The zero-order chi connectivity index (χ0) is 22.6. The number of amides is 1. The Morgan fingerprint density at radius 2 is 2.03 bits per heavy atom. The Hall–Kier alpha value is -2.52. The number of anilines is 1. The van der Waals surface area contributed by atoms with Crippen molar-refractivity contribution in [2.45, 2.75) is 37.0 Å². The lowest BCUT2D eigenvalue weighted by atomic mass is 9.92. The summed E-state index contributed by atoms with van der Waals surface area (Å²) in [7, 11) is -3.20. The Morgan fingerprint density at radius 3 is 2.61 bits per heavy atom. The van der Waals surface area contributed by atoms with E-state index in [0.717, 1.165) is 12.8 Å². The molecule has 4 N–H and O–H groups in total. The molecule has 1 saturated carbocycles. The van der Waals surface area contributed by atoms with Crippen LogP contribution in [-0.4, -0.2) is 31.4 Å². The van der Waals surface area contributed by atoms with Gasteiger partial charge in [0.25, 0.3) is 5.91 Å². The van der Waals surface area contributed by atoms with Crippen LogP contribution in [0.2, 0.25) is 5.02 Å². The maximum absolute atomic E-state index is 14.8. The van der Waals surface area contributed by atoms with E-state index in [4.69, 9.17) is 22.1 Å². The van der Waals surface area contributed by atoms with Crippen LogP contribution in [0.5, 0.6) is 0 Å². The number of aromatic nitrogens is 1. The number of hydrogen-bond acceptors (Lipinski definition) is 6. The van der Waals surface area contributed by atoms with Crippen LogP contribution in [0, 0.1) is 16.5 Å². The Kier molecular flexibility index (Phi) is 5.09. The highest BCUT2D eigenvalue weighted by molar-refractivity contribution is 7.94. The molecule has 0 spiro atoms. The molecule has 1 fully saturated rings. The quantitative estimate of drug-likeness (QED) is 0.635. The van der Waals surface area contributed by atoms with Crippen molar-refractivity contribution >= 4 is 38.8 Å². The van der Waals surface area contributed by atoms with Gasteiger partial charge in [-0.15, -0.1) is 0 Å². The van der Waals surface area contributed by atoms with Gasteiger partial charge in [0.15, 0.2) is 0 Å². The van der Waals surface area contributed by atoms with Crippen LogP contribution < -0.4 is 11.1 Å². The number of amidine groups is 1. The second-order valence-corrected chi connectivity index (χ2v) is 11.4. The van der Waals surface area contributed by atoms with E-state index in [1.54, 1.807) is 19.9 Å². The number of nitrogens with two attached hydrogens (primary N) is 1. The van der Waals surface area contributed by atoms with Crippen molar-refractivity contribution in [3.05, 3.63) is 58.6 Å². The monoisotopic (exact) mass is 463 g/mol. The minimum Gasteiger partial charge on any atom is -0.386 e. The SMILES string of the molecule is CC1(C2CC2)C(N)=N[C@](C)(c2cc(NC(=O)c3ccc(Cl)cn3)ccc2F)CS1(=N)=O. The van der Waals surface area contributed by atoms with E-state index in [-0.39, 0.29) is 28.8 Å². The van der Waals surface area contributed by atoms with Gasteiger partial charge in [-0.1, -0.05) is 11.6 Å². The maximum atomic E-state index is 14.8.